The van der Waals surface area contributed by atoms with Crippen LogP contribution in [0.1, 0.15) is 11.1 Å². The van der Waals surface area contributed by atoms with Gasteiger partial charge in [0.1, 0.15) is 0 Å². The smallest absolute Gasteiger partial charge is 0.264 e. The average molecular weight is 384 g/mol. The lowest BCUT2D eigenvalue weighted by atomic mass is 10.1. The number of rotatable bonds is 3. The van der Waals surface area contributed by atoms with Crippen molar-refractivity contribution < 1.29 is 8.42 Å². The van der Waals surface area contributed by atoms with Gasteiger partial charge in [-0.2, -0.15) is 10.5 Å². The second-order valence-electron chi connectivity index (χ2n) is 6.07. The minimum absolute atomic E-state index is 0.0125. The largest absolute Gasteiger partial charge is 0.268 e. The molecule has 134 valence electrons. The van der Waals surface area contributed by atoms with Crippen molar-refractivity contribution in [2.24, 2.45) is 0 Å². The van der Waals surface area contributed by atoms with Gasteiger partial charge < -0.3 is 0 Å². The van der Waals surface area contributed by atoms with E-state index in [9.17, 15) is 13.7 Å². The first-order valence-electron chi connectivity index (χ1n) is 8.26. The second-order valence-corrected chi connectivity index (χ2v) is 7.85. The number of nitriles is 2. The Morgan fingerprint density at radius 3 is 2.39 bits per heavy atom. The quantitative estimate of drug-likeness (QED) is 0.536. The van der Waals surface area contributed by atoms with Gasteiger partial charge in [-0.25, -0.2) is 12.4 Å². The highest BCUT2D eigenvalue weighted by atomic mass is 32.2. The third kappa shape index (κ3) is 2.81. The molecule has 0 saturated heterocycles. The fourth-order valence-corrected chi connectivity index (χ4v) is 4.65. The van der Waals surface area contributed by atoms with Gasteiger partial charge in [0, 0.05) is 23.3 Å². The zero-order valence-corrected chi connectivity index (χ0v) is 15.3. The molecule has 4 aromatic rings. The molecule has 0 saturated carbocycles. The van der Waals surface area contributed by atoms with E-state index in [4.69, 9.17) is 5.26 Å². The van der Waals surface area contributed by atoms with Crippen LogP contribution >= 0.6 is 0 Å². The van der Waals surface area contributed by atoms with Crippen molar-refractivity contribution in [2.45, 2.75) is 4.90 Å². The lowest BCUT2D eigenvalue weighted by molar-refractivity contribution is 0.589. The topological polar surface area (TPSA) is 99.5 Å². The van der Waals surface area contributed by atoms with Crippen molar-refractivity contribution in [3.8, 4) is 23.4 Å². The van der Waals surface area contributed by atoms with Gasteiger partial charge in [-0.3, -0.25) is 4.98 Å². The Morgan fingerprint density at radius 1 is 0.893 bits per heavy atom. The first kappa shape index (κ1) is 17.5. The van der Waals surface area contributed by atoms with Crippen LogP contribution in [0.25, 0.3) is 22.2 Å². The van der Waals surface area contributed by atoms with Crippen LogP contribution in [0.3, 0.4) is 0 Å². The number of fused-ring (bicyclic) bond motifs is 1. The van der Waals surface area contributed by atoms with Crippen LogP contribution < -0.4 is 0 Å². The molecule has 28 heavy (non-hydrogen) atoms. The maximum absolute atomic E-state index is 13.5. The molecule has 0 amide bonds. The summed E-state index contributed by atoms with van der Waals surface area (Å²) in [6.07, 6.45) is 3.19. The molecule has 2 aromatic heterocycles. The second kappa shape index (κ2) is 6.66. The summed E-state index contributed by atoms with van der Waals surface area (Å²) in [4.78, 5) is 4.10. The number of hydrogen-bond acceptors (Lipinski definition) is 5. The van der Waals surface area contributed by atoms with Crippen LogP contribution in [-0.2, 0) is 10.0 Å². The summed E-state index contributed by atoms with van der Waals surface area (Å²) in [6, 6.07) is 20.0. The van der Waals surface area contributed by atoms with Crippen molar-refractivity contribution in [1.29, 1.82) is 10.5 Å². The van der Waals surface area contributed by atoms with Crippen molar-refractivity contribution in [1.82, 2.24) is 8.96 Å². The Bertz CT molecular complexity index is 1390. The molecule has 4 rings (SSSR count). The van der Waals surface area contributed by atoms with Crippen LogP contribution in [0.2, 0.25) is 0 Å². The summed E-state index contributed by atoms with van der Waals surface area (Å²) in [7, 11) is -4.00. The molecule has 0 spiro atoms. The maximum atomic E-state index is 13.5. The van der Waals surface area contributed by atoms with Gasteiger partial charge in [-0.15, -0.1) is 0 Å². The molecule has 0 aliphatic heterocycles. The zero-order chi connectivity index (χ0) is 19.7. The van der Waals surface area contributed by atoms with E-state index in [1.165, 1.54) is 22.2 Å². The molecule has 0 aliphatic carbocycles. The third-order valence-electron chi connectivity index (χ3n) is 4.35. The number of aromatic nitrogens is 2. The molecule has 0 fully saturated rings. The van der Waals surface area contributed by atoms with Gasteiger partial charge in [-0.1, -0.05) is 6.07 Å². The van der Waals surface area contributed by atoms with Crippen molar-refractivity contribution in [2.75, 3.05) is 0 Å². The molecular weight excluding hydrogens is 372 g/mol. The zero-order valence-electron chi connectivity index (χ0n) is 14.4. The Morgan fingerprint density at radius 2 is 1.68 bits per heavy atom. The molecular formula is C21H12N4O2S. The van der Waals surface area contributed by atoms with Crippen LogP contribution in [0.4, 0.5) is 0 Å². The highest BCUT2D eigenvalue weighted by Gasteiger charge is 2.24. The minimum atomic E-state index is -4.00. The summed E-state index contributed by atoms with van der Waals surface area (Å²) in [6.45, 7) is 0. The average Bonchev–Trinajstić information content (AvgIpc) is 3.13. The molecule has 0 radical (unpaired) electrons. The van der Waals surface area contributed by atoms with Crippen LogP contribution in [0.15, 0.2) is 78.0 Å². The van der Waals surface area contributed by atoms with Crippen molar-refractivity contribution in [3.63, 3.8) is 0 Å². The predicted octanol–water partition coefficient (Wildman–Crippen LogP) is 3.68. The standard InChI is InChI=1S/C21H12N4O2S/c22-12-15-3-1-5-19(10-15)28(26,27)25-20-7-6-16(13-23)9-18(20)11-21(25)17-4-2-8-24-14-17/h1-11,14H. The van der Waals surface area contributed by atoms with E-state index in [1.807, 2.05) is 6.07 Å². The fraction of sp³-hybridized carbons (Fsp3) is 0. The van der Waals surface area contributed by atoms with E-state index in [0.29, 0.717) is 27.7 Å². The summed E-state index contributed by atoms with van der Waals surface area (Å²) in [5, 5.41) is 18.9. The van der Waals surface area contributed by atoms with E-state index < -0.39 is 10.0 Å². The van der Waals surface area contributed by atoms with E-state index in [1.54, 1.807) is 54.9 Å². The van der Waals surface area contributed by atoms with E-state index in [2.05, 4.69) is 11.1 Å². The van der Waals surface area contributed by atoms with E-state index in [0.717, 1.165) is 0 Å². The lowest BCUT2D eigenvalue weighted by Gasteiger charge is -2.12. The highest BCUT2D eigenvalue weighted by Crippen LogP contribution is 2.32. The minimum Gasteiger partial charge on any atom is -0.264 e. The number of benzene rings is 2. The summed E-state index contributed by atoms with van der Waals surface area (Å²) in [5.74, 6) is 0. The molecule has 0 N–H and O–H groups in total. The van der Waals surface area contributed by atoms with Crippen molar-refractivity contribution >= 4 is 20.9 Å². The number of hydrogen-bond donors (Lipinski definition) is 0. The third-order valence-corrected chi connectivity index (χ3v) is 6.07. The molecule has 0 bridgehead atoms. The Hall–Kier alpha value is -3.94. The van der Waals surface area contributed by atoms with Crippen LogP contribution in [-0.4, -0.2) is 17.4 Å². The molecule has 2 aromatic carbocycles. The normalized spacial score (nSPS) is 11.1. The fourth-order valence-electron chi connectivity index (χ4n) is 3.07. The van der Waals surface area contributed by atoms with E-state index >= 15 is 0 Å². The molecule has 2 heterocycles. The Kier molecular flexibility index (Phi) is 4.15. The molecule has 6 nitrogen and oxygen atoms in total. The first-order chi connectivity index (χ1) is 13.5. The Balaban J connectivity index is 2.07. The number of pyridine rings is 1. The molecule has 0 aliphatic rings. The summed E-state index contributed by atoms with van der Waals surface area (Å²) < 4.78 is 28.2. The van der Waals surface area contributed by atoms with Crippen LogP contribution in [0, 0.1) is 22.7 Å². The van der Waals surface area contributed by atoms with Crippen molar-refractivity contribution in [3.05, 3.63) is 84.2 Å². The monoisotopic (exact) mass is 384 g/mol. The molecule has 0 atom stereocenters. The van der Waals surface area contributed by atoms with E-state index in [-0.39, 0.29) is 10.5 Å². The van der Waals surface area contributed by atoms with Gasteiger partial charge in [0.05, 0.1) is 39.4 Å². The SMILES string of the molecule is N#Cc1cccc(S(=O)(=O)n2c(-c3cccnc3)cc3cc(C#N)ccc32)c1. The lowest BCUT2D eigenvalue weighted by Crippen LogP contribution is -2.14. The predicted molar refractivity (Wildman–Crippen MR) is 104 cm³/mol. The van der Waals surface area contributed by atoms with Gasteiger partial charge in [0.2, 0.25) is 0 Å². The van der Waals surface area contributed by atoms with Gasteiger partial charge in [-0.05, 0) is 54.6 Å². The Labute approximate surface area is 161 Å². The summed E-state index contributed by atoms with van der Waals surface area (Å²) >= 11 is 0. The summed E-state index contributed by atoms with van der Waals surface area (Å²) in [5.41, 5.74) is 2.19. The van der Waals surface area contributed by atoms with Gasteiger partial charge >= 0.3 is 0 Å². The highest BCUT2D eigenvalue weighted by molar-refractivity contribution is 7.90. The number of nitrogens with zero attached hydrogens (tertiary/aromatic N) is 4. The first-order valence-corrected chi connectivity index (χ1v) is 9.70. The maximum Gasteiger partial charge on any atom is 0.268 e. The van der Waals surface area contributed by atoms with Gasteiger partial charge in [0.25, 0.3) is 10.0 Å². The van der Waals surface area contributed by atoms with Crippen LogP contribution in [0.5, 0.6) is 0 Å². The van der Waals surface area contributed by atoms with Gasteiger partial charge in [0.15, 0.2) is 0 Å². The molecule has 7 heteroatoms. The molecule has 0 unspecified atom stereocenters.